The number of anilines is 1. The fraction of sp³-hybridized carbons (Fsp3) is 0.818. The number of aliphatic hydroxyl groups is 1. The van der Waals surface area contributed by atoms with Crippen molar-refractivity contribution in [3.63, 3.8) is 0 Å². The van der Waals surface area contributed by atoms with Gasteiger partial charge in [-0.15, -0.1) is 0 Å². The van der Waals surface area contributed by atoms with Crippen LogP contribution in [0.1, 0.15) is 43.9 Å². The lowest BCUT2D eigenvalue weighted by atomic mass is 10.1. The minimum absolute atomic E-state index is 0.0591. The minimum Gasteiger partial charge on any atom is -0.392 e. The Bertz CT molecular complexity index is 360. The fourth-order valence-corrected chi connectivity index (χ4v) is 2.65. The Balaban J connectivity index is 1.76. The van der Waals surface area contributed by atoms with Crippen LogP contribution in [0.15, 0.2) is 4.52 Å². The maximum Gasteiger partial charge on any atom is 0.266 e. The lowest BCUT2D eigenvalue weighted by Crippen LogP contribution is -2.19. The van der Waals surface area contributed by atoms with E-state index < -0.39 is 0 Å². The summed E-state index contributed by atoms with van der Waals surface area (Å²) < 4.78 is 5.27. The van der Waals surface area contributed by atoms with Gasteiger partial charge in [-0.25, -0.2) is 0 Å². The van der Waals surface area contributed by atoms with Crippen LogP contribution in [0.2, 0.25) is 0 Å². The SMILES string of the molecule is OC1CCCC1c1nc(N2CCCC2)no1. The summed E-state index contributed by atoms with van der Waals surface area (Å²) in [6, 6.07) is 0. The Kier molecular flexibility index (Phi) is 2.55. The lowest BCUT2D eigenvalue weighted by Gasteiger charge is -2.10. The Morgan fingerprint density at radius 1 is 1.19 bits per heavy atom. The van der Waals surface area contributed by atoms with Crippen LogP contribution in [0.4, 0.5) is 5.95 Å². The van der Waals surface area contributed by atoms with Gasteiger partial charge in [0.25, 0.3) is 5.95 Å². The van der Waals surface area contributed by atoms with Gasteiger partial charge in [0.2, 0.25) is 5.89 Å². The van der Waals surface area contributed by atoms with Gasteiger partial charge in [-0.2, -0.15) is 4.98 Å². The summed E-state index contributed by atoms with van der Waals surface area (Å²) in [6.07, 6.45) is 4.97. The first-order valence-corrected chi connectivity index (χ1v) is 6.11. The molecule has 0 radical (unpaired) electrons. The molecule has 88 valence electrons. The van der Waals surface area contributed by atoms with Gasteiger partial charge in [0, 0.05) is 13.1 Å². The maximum atomic E-state index is 9.78. The average Bonchev–Trinajstić information content (AvgIpc) is 2.96. The highest BCUT2D eigenvalue weighted by molar-refractivity contribution is 5.29. The van der Waals surface area contributed by atoms with E-state index in [-0.39, 0.29) is 12.0 Å². The smallest absolute Gasteiger partial charge is 0.266 e. The van der Waals surface area contributed by atoms with E-state index in [0.717, 1.165) is 32.4 Å². The molecule has 1 saturated carbocycles. The van der Waals surface area contributed by atoms with Crippen LogP contribution < -0.4 is 4.90 Å². The molecule has 1 aliphatic heterocycles. The molecule has 0 spiro atoms. The van der Waals surface area contributed by atoms with E-state index in [1.807, 2.05) is 0 Å². The first-order valence-electron chi connectivity index (χ1n) is 6.11. The van der Waals surface area contributed by atoms with Crippen molar-refractivity contribution in [1.29, 1.82) is 0 Å². The van der Waals surface area contributed by atoms with Crippen molar-refractivity contribution < 1.29 is 9.63 Å². The molecule has 0 amide bonds. The molecule has 16 heavy (non-hydrogen) atoms. The Hall–Kier alpha value is -1.10. The predicted octanol–water partition coefficient (Wildman–Crippen LogP) is 1.30. The quantitative estimate of drug-likeness (QED) is 0.818. The van der Waals surface area contributed by atoms with Crippen LogP contribution in [-0.4, -0.2) is 34.4 Å². The van der Waals surface area contributed by atoms with Crippen molar-refractivity contribution in [3.8, 4) is 0 Å². The number of hydrogen-bond acceptors (Lipinski definition) is 5. The molecular formula is C11H17N3O2. The Morgan fingerprint density at radius 3 is 2.69 bits per heavy atom. The van der Waals surface area contributed by atoms with Crippen molar-refractivity contribution in [2.45, 2.75) is 44.1 Å². The van der Waals surface area contributed by atoms with Crippen molar-refractivity contribution >= 4 is 5.95 Å². The molecule has 1 aromatic rings. The zero-order valence-electron chi connectivity index (χ0n) is 9.30. The number of aromatic nitrogens is 2. The third-order valence-electron chi connectivity index (χ3n) is 3.62. The third-order valence-corrected chi connectivity index (χ3v) is 3.62. The largest absolute Gasteiger partial charge is 0.392 e. The van der Waals surface area contributed by atoms with Gasteiger partial charge in [0.1, 0.15) is 0 Å². The Morgan fingerprint density at radius 2 is 2.00 bits per heavy atom. The molecule has 1 aromatic heterocycles. The van der Waals surface area contributed by atoms with E-state index in [2.05, 4.69) is 15.0 Å². The standard InChI is InChI=1S/C11H17N3O2/c15-9-5-3-4-8(9)10-12-11(13-16-10)14-6-1-2-7-14/h8-9,15H,1-7H2. The van der Waals surface area contributed by atoms with Crippen molar-refractivity contribution in [1.82, 2.24) is 10.1 Å². The van der Waals surface area contributed by atoms with Gasteiger partial charge < -0.3 is 14.5 Å². The molecule has 0 aromatic carbocycles. The first-order chi connectivity index (χ1) is 7.84. The molecule has 2 aliphatic rings. The monoisotopic (exact) mass is 223 g/mol. The lowest BCUT2D eigenvalue weighted by molar-refractivity contribution is 0.148. The summed E-state index contributed by atoms with van der Waals surface area (Å²) in [6.45, 7) is 2.04. The predicted molar refractivity (Wildman–Crippen MR) is 58.3 cm³/mol. The van der Waals surface area contributed by atoms with Crippen LogP contribution in [-0.2, 0) is 0 Å². The van der Waals surface area contributed by atoms with E-state index in [0.29, 0.717) is 11.8 Å². The van der Waals surface area contributed by atoms with Crippen LogP contribution in [0.3, 0.4) is 0 Å². The zero-order chi connectivity index (χ0) is 11.0. The second-order valence-electron chi connectivity index (χ2n) is 4.73. The second kappa shape index (κ2) is 4.05. The highest BCUT2D eigenvalue weighted by atomic mass is 16.5. The molecule has 2 unspecified atom stereocenters. The van der Waals surface area contributed by atoms with Crippen LogP contribution in [0.25, 0.3) is 0 Å². The minimum atomic E-state index is -0.299. The van der Waals surface area contributed by atoms with Crippen LogP contribution in [0.5, 0.6) is 0 Å². The molecule has 0 bridgehead atoms. The summed E-state index contributed by atoms with van der Waals surface area (Å²) in [4.78, 5) is 6.56. The molecule has 1 aliphatic carbocycles. The summed E-state index contributed by atoms with van der Waals surface area (Å²) in [5, 5.41) is 13.8. The van der Waals surface area contributed by atoms with Crippen molar-refractivity contribution in [2.75, 3.05) is 18.0 Å². The summed E-state index contributed by atoms with van der Waals surface area (Å²) >= 11 is 0. The molecule has 2 heterocycles. The van der Waals surface area contributed by atoms with E-state index in [1.54, 1.807) is 0 Å². The number of nitrogens with zero attached hydrogens (tertiary/aromatic N) is 3. The highest BCUT2D eigenvalue weighted by Gasteiger charge is 2.32. The molecule has 1 N–H and O–H groups in total. The summed E-state index contributed by atoms with van der Waals surface area (Å²) in [7, 11) is 0. The van der Waals surface area contributed by atoms with Gasteiger partial charge >= 0.3 is 0 Å². The topological polar surface area (TPSA) is 62.4 Å². The van der Waals surface area contributed by atoms with E-state index in [1.165, 1.54) is 12.8 Å². The van der Waals surface area contributed by atoms with Gasteiger partial charge in [0.05, 0.1) is 12.0 Å². The van der Waals surface area contributed by atoms with Gasteiger partial charge in [-0.05, 0) is 37.3 Å². The van der Waals surface area contributed by atoms with Crippen molar-refractivity contribution in [3.05, 3.63) is 5.89 Å². The van der Waals surface area contributed by atoms with E-state index >= 15 is 0 Å². The number of hydrogen-bond donors (Lipinski definition) is 1. The molecule has 3 rings (SSSR count). The van der Waals surface area contributed by atoms with Crippen LogP contribution >= 0.6 is 0 Å². The van der Waals surface area contributed by atoms with E-state index in [9.17, 15) is 5.11 Å². The summed E-state index contributed by atoms with van der Waals surface area (Å²) in [5.41, 5.74) is 0. The third kappa shape index (κ3) is 1.69. The molecule has 1 saturated heterocycles. The van der Waals surface area contributed by atoms with Crippen molar-refractivity contribution in [2.24, 2.45) is 0 Å². The molecule has 2 fully saturated rings. The average molecular weight is 223 g/mol. The fourth-order valence-electron chi connectivity index (χ4n) is 2.65. The number of aliphatic hydroxyl groups excluding tert-OH is 1. The van der Waals surface area contributed by atoms with Gasteiger partial charge in [0.15, 0.2) is 0 Å². The van der Waals surface area contributed by atoms with Gasteiger partial charge in [-0.1, -0.05) is 0 Å². The molecule has 5 nitrogen and oxygen atoms in total. The van der Waals surface area contributed by atoms with Gasteiger partial charge in [-0.3, -0.25) is 0 Å². The molecule has 2 atom stereocenters. The zero-order valence-corrected chi connectivity index (χ0v) is 9.30. The van der Waals surface area contributed by atoms with Crippen LogP contribution in [0, 0.1) is 0 Å². The van der Waals surface area contributed by atoms with E-state index in [4.69, 9.17) is 4.52 Å². The molecule has 5 heteroatoms. The number of rotatable bonds is 2. The second-order valence-corrected chi connectivity index (χ2v) is 4.73. The Labute approximate surface area is 94.4 Å². The normalized spacial score (nSPS) is 30.2. The highest BCUT2D eigenvalue weighted by Crippen LogP contribution is 2.34. The maximum absolute atomic E-state index is 9.78. The molecular weight excluding hydrogens is 206 g/mol. The first kappa shape index (κ1) is 10.1. The summed E-state index contributed by atoms with van der Waals surface area (Å²) in [5.74, 6) is 1.38.